The number of anilines is 1. The van der Waals surface area contributed by atoms with E-state index < -0.39 is 0 Å². The van der Waals surface area contributed by atoms with Gasteiger partial charge in [0.2, 0.25) is 5.91 Å². The number of rotatable bonds is 7. The average Bonchev–Trinajstić information content (AvgIpc) is 2.56. The summed E-state index contributed by atoms with van der Waals surface area (Å²) in [6.45, 7) is 7.25. The lowest BCUT2D eigenvalue weighted by Gasteiger charge is -2.18. The van der Waals surface area contributed by atoms with E-state index in [-0.39, 0.29) is 18.1 Å². The Hall–Kier alpha value is -2.20. The lowest BCUT2D eigenvalue weighted by atomic mass is 10.1. The molecule has 0 saturated carbocycles. The van der Waals surface area contributed by atoms with Gasteiger partial charge in [0.1, 0.15) is 5.82 Å². The summed E-state index contributed by atoms with van der Waals surface area (Å²) in [5.74, 6) is -0.397. The molecule has 3 nitrogen and oxygen atoms in total. The molecule has 1 amide bonds. The Kier molecular flexibility index (Phi) is 6.29. The van der Waals surface area contributed by atoms with Crippen molar-refractivity contribution in [2.75, 3.05) is 18.4 Å². The zero-order valence-electron chi connectivity index (χ0n) is 13.7. The van der Waals surface area contributed by atoms with Crippen LogP contribution in [0, 0.1) is 5.82 Å². The van der Waals surface area contributed by atoms with Gasteiger partial charge in [0.15, 0.2) is 0 Å². The van der Waals surface area contributed by atoms with E-state index in [1.54, 1.807) is 12.1 Å². The molecule has 0 aliphatic heterocycles. The van der Waals surface area contributed by atoms with Crippen LogP contribution in [0.25, 0.3) is 0 Å². The second kappa shape index (κ2) is 8.44. The third-order valence-corrected chi connectivity index (χ3v) is 3.82. The Bertz CT molecular complexity index is 619. The van der Waals surface area contributed by atoms with Gasteiger partial charge in [-0.05, 0) is 48.5 Å². The largest absolute Gasteiger partial charge is 0.326 e. The van der Waals surface area contributed by atoms with Crippen molar-refractivity contribution in [3.8, 4) is 0 Å². The van der Waals surface area contributed by atoms with E-state index >= 15 is 0 Å². The summed E-state index contributed by atoms with van der Waals surface area (Å²) >= 11 is 0. The predicted molar refractivity (Wildman–Crippen MR) is 91.8 cm³/mol. The van der Waals surface area contributed by atoms with E-state index in [9.17, 15) is 9.18 Å². The van der Waals surface area contributed by atoms with E-state index in [2.05, 4.69) is 24.1 Å². The molecule has 1 N–H and O–H groups in total. The standard InChI is InChI=1S/C19H23FN2O/c1-3-22(4-2)14-16-7-11-18(12-8-16)21-19(23)13-15-5-9-17(20)10-6-15/h5-12H,3-4,13-14H2,1-2H3,(H,21,23). The van der Waals surface area contributed by atoms with E-state index in [4.69, 9.17) is 0 Å². The molecule has 0 unspecified atom stereocenters. The zero-order valence-corrected chi connectivity index (χ0v) is 13.7. The van der Waals surface area contributed by atoms with Gasteiger partial charge >= 0.3 is 0 Å². The lowest BCUT2D eigenvalue weighted by molar-refractivity contribution is -0.115. The molecular weight excluding hydrogens is 291 g/mol. The van der Waals surface area contributed by atoms with Crippen LogP contribution in [0.4, 0.5) is 10.1 Å². The third-order valence-electron chi connectivity index (χ3n) is 3.82. The highest BCUT2D eigenvalue weighted by molar-refractivity contribution is 5.92. The monoisotopic (exact) mass is 314 g/mol. The van der Waals surface area contributed by atoms with Crippen molar-refractivity contribution in [1.29, 1.82) is 0 Å². The zero-order chi connectivity index (χ0) is 16.7. The number of hydrogen-bond donors (Lipinski definition) is 1. The first-order valence-corrected chi connectivity index (χ1v) is 7.96. The van der Waals surface area contributed by atoms with Gasteiger partial charge in [-0.3, -0.25) is 9.69 Å². The van der Waals surface area contributed by atoms with Crippen molar-refractivity contribution in [3.63, 3.8) is 0 Å². The van der Waals surface area contributed by atoms with Crippen LogP contribution in [0.15, 0.2) is 48.5 Å². The Balaban J connectivity index is 1.89. The van der Waals surface area contributed by atoms with Crippen LogP contribution in [0.2, 0.25) is 0 Å². The fourth-order valence-corrected chi connectivity index (χ4v) is 2.39. The highest BCUT2D eigenvalue weighted by atomic mass is 19.1. The summed E-state index contributed by atoms with van der Waals surface area (Å²) in [5.41, 5.74) is 2.80. The van der Waals surface area contributed by atoms with Crippen LogP contribution < -0.4 is 5.32 Å². The van der Waals surface area contributed by atoms with E-state index in [1.165, 1.54) is 17.7 Å². The second-order valence-electron chi connectivity index (χ2n) is 5.51. The van der Waals surface area contributed by atoms with E-state index in [0.29, 0.717) is 0 Å². The van der Waals surface area contributed by atoms with Gasteiger partial charge in [0.25, 0.3) is 0 Å². The normalized spacial score (nSPS) is 10.8. The first-order chi connectivity index (χ1) is 11.1. The number of benzene rings is 2. The number of hydrogen-bond acceptors (Lipinski definition) is 2. The summed E-state index contributed by atoms with van der Waals surface area (Å²) < 4.78 is 12.8. The number of nitrogens with zero attached hydrogens (tertiary/aromatic N) is 1. The maximum absolute atomic E-state index is 12.8. The summed E-state index contributed by atoms with van der Waals surface area (Å²) in [5, 5.41) is 2.87. The Morgan fingerprint density at radius 2 is 1.52 bits per heavy atom. The van der Waals surface area contributed by atoms with Crippen molar-refractivity contribution >= 4 is 11.6 Å². The molecule has 0 bridgehead atoms. The molecule has 0 aliphatic carbocycles. The van der Waals surface area contributed by atoms with Crippen LogP contribution in [0.5, 0.6) is 0 Å². The first kappa shape index (κ1) is 17.2. The van der Waals surface area contributed by atoms with Gasteiger partial charge in [-0.1, -0.05) is 38.1 Å². The maximum Gasteiger partial charge on any atom is 0.228 e. The van der Waals surface area contributed by atoms with Crippen molar-refractivity contribution in [2.24, 2.45) is 0 Å². The van der Waals surface area contributed by atoms with Crippen LogP contribution in [-0.4, -0.2) is 23.9 Å². The van der Waals surface area contributed by atoms with Crippen molar-refractivity contribution in [2.45, 2.75) is 26.8 Å². The number of carbonyl (C=O) groups is 1. The average molecular weight is 314 g/mol. The third kappa shape index (κ3) is 5.49. The molecule has 0 aromatic heterocycles. The molecule has 0 radical (unpaired) electrons. The van der Waals surface area contributed by atoms with E-state index in [1.807, 2.05) is 24.3 Å². The predicted octanol–water partition coefficient (Wildman–Crippen LogP) is 3.85. The molecular formula is C19H23FN2O. The Morgan fingerprint density at radius 3 is 2.09 bits per heavy atom. The number of halogens is 1. The number of amides is 1. The fraction of sp³-hybridized carbons (Fsp3) is 0.316. The number of carbonyl (C=O) groups excluding carboxylic acids is 1. The molecule has 23 heavy (non-hydrogen) atoms. The minimum Gasteiger partial charge on any atom is -0.326 e. The first-order valence-electron chi connectivity index (χ1n) is 7.96. The second-order valence-corrected chi connectivity index (χ2v) is 5.51. The number of nitrogens with one attached hydrogen (secondary N) is 1. The van der Waals surface area contributed by atoms with Crippen LogP contribution in [0.1, 0.15) is 25.0 Å². The lowest BCUT2D eigenvalue weighted by Crippen LogP contribution is -2.22. The molecule has 0 spiro atoms. The molecule has 4 heteroatoms. The van der Waals surface area contributed by atoms with Crippen molar-refractivity contribution < 1.29 is 9.18 Å². The molecule has 0 atom stereocenters. The van der Waals surface area contributed by atoms with Gasteiger partial charge in [-0.15, -0.1) is 0 Å². The highest BCUT2D eigenvalue weighted by Gasteiger charge is 2.05. The molecule has 0 saturated heterocycles. The van der Waals surface area contributed by atoms with Gasteiger partial charge in [-0.2, -0.15) is 0 Å². The molecule has 2 rings (SSSR count). The van der Waals surface area contributed by atoms with Crippen LogP contribution in [0.3, 0.4) is 0 Å². The summed E-state index contributed by atoms with van der Waals surface area (Å²) in [6, 6.07) is 13.9. The highest BCUT2D eigenvalue weighted by Crippen LogP contribution is 2.12. The van der Waals surface area contributed by atoms with Gasteiger partial charge < -0.3 is 5.32 Å². The molecule has 2 aromatic rings. The SMILES string of the molecule is CCN(CC)Cc1ccc(NC(=O)Cc2ccc(F)cc2)cc1. The Morgan fingerprint density at radius 1 is 0.957 bits per heavy atom. The molecule has 0 fully saturated rings. The summed E-state index contributed by atoms with van der Waals surface area (Å²) in [7, 11) is 0. The Labute approximate surface area is 137 Å². The topological polar surface area (TPSA) is 32.3 Å². The molecule has 0 heterocycles. The summed E-state index contributed by atoms with van der Waals surface area (Å²) in [4.78, 5) is 14.3. The molecule has 122 valence electrons. The van der Waals surface area contributed by atoms with Crippen molar-refractivity contribution in [1.82, 2.24) is 4.90 Å². The quantitative estimate of drug-likeness (QED) is 0.842. The minimum absolute atomic E-state index is 0.104. The molecule has 2 aromatic carbocycles. The van der Waals surface area contributed by atoms with E-state index in [0.717, 1.165) is 30.9 Å². The summed E-state index contributed by atoms with van der Waals surface area (Å²) in [6.07, 6.45) is 0.238. The fourth-order valence-electron chi connectivity index (χ4n) is 2.39. The van der Waals surface area contributed by atoms with Gasteiger partial charge in [-0.25, -0.2) is 4.39 Å². The molecule has 0 aliphatic rings. The smallest absolute Gasteiger partial charge is 0.228 e. The maximum atomic E-state index is 12.8. The van der Waals surface area contributed by atoms with Gasteiger partial charge in [0.05, 0.1) is 6.42 Å². The van der Waals surface area contributed by atoms with Crippen LogP contribution >= 0.6 is 0 Å². The van der Waals surface area contributed by atoms with Crippen molar-refractivity contribution in [3.05, 3.63) is 65.5 Å². The van der Waals surface area contributed by atoms with Gasteiger partial charge in [0, 0.05) is 12.2 Å². The van der Waals surface area contributed by atoms with Crippen LogP contribution in [-0.2, 0) is 17.8 Å². The minimum atomic E-state index is -0.294.